The standard InChI is InChI=1S/C19H14N2OS/c1-14-5-2-9-18(20-14)19(22)21-16-7-3-6-15(13-16)10-11-17-8-4-12-23-17/h2-9,12-13H,1H3,(H,21,22). The van der Waals surface area contributed by atoms with Crippen molar-refractivity contribution in [1.82, 2.24) is 4.98 Å². The van der Waals surface area contributed by atoms with Crippen molar-refractivity contribution >= 4 is 22.9 Å². The highest BCUT2D eigenvalue weighted by Gasteiger charge is 2.07. The summed E-state index contributed by atoms with van der Waals surface area (Å²) in [6, 6.07) is 16.8. The fourth-order valence-electron chi connectivity index (χ4n) is 2.02. The van der Waals surface area contributed by atoms with Gasteiger partial charge in [-0.25, -0.2) is 4.98 Å². The second-order valence-electron chi connectivity index (χ2n) is 4.93. The Morgan fingerprint density at radius 1 is 1.09 bits per heavy atom. The monoisotopic (exact) mass is 318 g/mol. The van der Waals surface area contributed by atoms with Crippen LogP contribution in [0.25, 0.3) is 0 Å². The number of pyridine rings is 1. The number of amides is 1. The zero-order valence-corrected chi connectivity index (χ0v) is 13.4. The molecule has 0 unspecified atom stereocenters. The van der Waals surface area contributed by atoms with Crippen LogP contribution >= 0.6 is 11.3 Å². The topological polar surface area (TPSA) is 42.0 Å². The van der Waals surface area contributed by atoms with Crippen molar-refractivity contribution in [2.45, 2.75) is 6.92 Å². The smallest absolute Gasteiger partial charge is 0.274 e. The predicted octanol–water partition coefficient (Wildman–Crippen LogP) is 4.10. The van der Waals surface area contributed by atoms with Gasteiger partial charge in [-0.2, -0.15) is 0 Å². The lowest BCUT2D eigenvalue weighted by Crippen LogP contribution is -2.13. The number of carbonyl (C=O) groups excluding carboxylic acids is 1. The summed E-state index contributed by atoms with van der Waals surface area (Å²) in [6.45, 7) is 1.86. The number of thiophene rings is 1. The van der Waals surface area contributed by atoms with E-state index >= 15 is 0 Å². The van der Waals surface area contributed by atoms with Crippen molar-refractivity contribution in [3.8, 4) is 11.8 Å². The van der Waals surface area contributed by atoms with Crippen molar-refractivity contribution in [1.29, 1.82) is 0 Å². The maximum absolute atomic E-state index is 12.2. The SMILES string of the molecule is Cc1cccc(C(=O)Nc2cccc(C#Cc3cccs3)c2)n1. The Bertz CT molecular complexity index is 889. The molecule has 0 radical (unpaired) electrons. The molecule has 0 saturated carbocycles. The van der Waals surface area contributed by atoms with E-state index in [-0.39, 0.29) is 5.91 Å². The summed E-state index contributed by atoms with van der Waals surface area (Å²) in [5.41, 5.74) is 2.78. The minimum Gasteiger partial charge on any atom is -0.321 e. The number of carbonyl (C=O) groups is 1. The van der Waals surface area contributed by atoms with Gasteiger partial charge in [0.05, 0.1) is 4.88 Å². The summed E-state index contributed by atoms with van der Waals surface area (Å²) in [5, 5.41) is 4.85. The summed E-state index contributed by atoms with van der Waals surface area (Å²) >= 11 is 1.60. The first-order chi connectivity index (χ1) is 11.2. The van der Waals surface area contributed by atoms with Gasteiger partial charge in [0.1, 0.15) is 5.69 Å². The van der Waals surface area contributed by atoms with Gasteiger partial charge < -0.3 is 5.32 Å². The number of aromatic nitrogens is 1. The van der Waals surface area contributed by atoms with Crippen LogP contribution in [-0.2, 0) is 0 Å². The van der Waals surface area contributed by atoms with Crippen molar-refractivity contribution < 1.29 is 4.79 Å². The van der Waals surface area contributed by atoms with Gasteiger partial charge in [0.2, 0.25) is 0 Å². The van der Waals surface area contributed by atoms with Crippen LogP contribution in [0, 0.1) is 18.8 Å². The number of anilines is 1. The van der Waals surface area contributed by atoms with Crippen molar-refractivity contribution in [3.05, 3.63) is 81.8 Å². The Kier molecular flexibility index (Phi) is 4.51. The third kappa shape index (κ3) is 4.06. The van der Waals surface area contributed by atoms with Crippen molar-refractivity contribution in [2.75, 3.05) is 5.32 Å². The van der Waals surface area contributed by atoms with Crippen LogP contribution < -0.4 is 5.32 Å². The maximum Gasteiger partial charge on any atom is 0.274 e. The molecular formula is C19H14N2OS. The van der Waals surface area contributed by atoms with Crippen LogP contribution in [0.4, 0.5) is 5.69 Å². The summed E-state index contributed by atoms with van der Waals surface area (Å²) in [5.74, 6) is 5.98. The Balaban J connectivity index is 1.76. The molecule has 2 aromatic heterocycles. The van der Waals surface area contributed by atoms with Gasteiger partial charge in [0.25, 0.3) is 5.91 Å². The van der Waals surface area contributed by atoms with Crippen LogP contribution in [0.1, 0.15) is 26.6 Å². The van der Waals surface area contributed by atoms with Crippen LogP contribution in [-0.4, -0.2) is 10.9 Å². The van der Waals surface area contributed by atoms with E-state index in [1.54, 1.807) is 17.4 Å². The van der Waals surface area contributed by atoms with Gasteiger partial charge in [-0.1, -0.05) is 30.0 Å². The van der Waals surface area contributed by atoms with Crippen molar-refractivity contribution in [2.24, 2.45) is 0 Å². The van der Waals surface area contributed by atoms with E-state index in [9.17, 15) is 4.79 Å². The molecule has 23 heavy (non-hydrogen) atoms. The van der Waals surface area contributed by atoms with E-state index in [1.165, 1.54) is 0 Å². The van der Waals surface area contributed by atoms with Gasteiger partial charge in [-0.3, -0.25) is 4.79 Å². The van der Waals surface area contributed by atoms with Crippen LogP contribution in [0.5, 0.6) is 0 Å². The number of hydrogen-bond acceptors (Lipinski definition) is 3. The highest BCUT2D eigenvalue weighted by molar-refractivity contribution is 7.10. The Morgan fingerprint density at radius 2 is 1.96 bits per heavy atom. The molecule has 2 heterocycles. The zero-order valence-electron chi connectivity index (χ0n) is 12.5. The van der Waals surface area contributed by atoms with E-state index in [2.05, 4.69) is 22.1 Å². The van der Waals surface area contributed by atoms with Crippen LogP contribution in [0.15, 0.2) is 60.0 Å². The highest BCUT2D eigenvalue weighted by Crippen LogP contribution is 2.12. The van der Waals surface area contributed by atoms with Gasteiger partial charge in [0, 0.05) is 16.9 Å². The average Bonchev–Trinajstić information content (AvgIpc) is 3.07. The number of nitrogens with one attached hydrogen (secondary N) is 1. The predicted molar refractivity (Wildman–Crippen MR) is 93.7 cm³/mol. The summed E-state index contributed by atoms with van der Waals surface area (Å²) in [7, 11) is 0. The summed E-state index contributed by atoms with van der Waals surface area (Å²) in [6.07, 6.45) is 0. The summed E-state index contributed by atoms with van der Waals surface area (Å²) < 4.78 is 0. The van der Waals surface area contributed by atoms with Gasteiger partial charge in [-0.05, 0) is 48.7 Å². The van der Waals surface area contributed by atoms with E-state index in [0.717, 1.165) is 16.1 Å². The lowest BCUT2D eigenvalue weighted by Gasteiger charge is -2.05. The summed E-state index contributed by atoms with van der Waals surface area (Å²) in [4.78, 5) is 17.5. The van der Waals surface area contributed by atoms with Gasteiger partial charge >= 0.3 is 0 Å². The van der Waals surface area contributed by atoms with Gasteiger partial charge in [-0.15, -0.1) is 11.3 Å². The first-order valence-electron chi connectivity index (χ1n) is 7.11. The van der Waals surface area contributed by atoms with E-state index < -0.39 is 0 Å². The van der Waals surface area contributed by atoms with E-state index in [1.807, 2.05) is 60.8 Å². The van der Waals surface area contributed by atoms with Crippen LogP contribution in [0.3, 0.4) is 0 Å². The molecular weight excluding hydrogens is 304 g/mol. The Morgan fingerprint density at radius 3 is 2.74 bits per heavy atom. The molecule has 1 aromatic carbocycles. The van der Waals surface area contributed by atoms with Gasteiger partial charge in [0.15, 0.2) is 0 Å². The minimum atomic E-state index is -0.225. The molecule has 3 nitrogen and oxygen atoms in total. The maximum atomic E-state index is 12.2. The second kappa shape index (κ2) is 6.91. The molecule has 0 aliphatic heterocycles. The quantitative estimate of drug-likeness (QED) is 0.723. The lowest BCUT2D eigenvalue weighted by molar-refractivity contribution is 0.102. The first-order valence-corrected chi connectivity index (χ1v) is 7.99. The average molecular weight is 318 g/mol. The molecule has 0 fully saturated rings. The first kappa shape index (κ1) is 15.0. The van der Waals surface area contributed by atoms with Crippen molar-refractivity contribution in [3.63, 3.8) is 0 Å². The molecule has 112 valence electrons. The molecule has 1 N–H and O–H groups in total. The second-order valence-corrected chi connectivity index (χ2v) is 5.87. The van der Waals surface area contributed by atoms with E-state index in [4.69, 9.17) is 0 Å². The molecule has 3 aromatic rings. The number of hydrogen-bond donors (Lipinski definition) is 1. The molecule has 3 rings (SSSR count). The lowest BCUT2D eigenvalue weighted by atomic mass is 10.2. The Hall–Kier alpha value is -2.90. The zero-order chi connectivity index (χ0) is 16.1. The molecule has 0 aliphatic carbocycles. The number of rotatable bonds is 2. The largest absolute Gasteiger partial charge is 0.321 e. The molecule has 0 spiro atoms. The van der Waals surface area contributed by atoms with E-state index in [0.29, 0.717) is 11.4 Å². The Labute approximate surface area is 139 Å². The number of benzene rings is 1. The third-order valence-corrected chi connectivity index (χ3v) is 3.88. The molecule has 0 atom stereocenters. The number of aryl methyl sites for hydroxylation is 1. The fourth-order valence-corrected chi connectivity index (χ4v) is 2.59. The van der Waals surface area contributed by atoms with Crippen LogP contribution in [0.2, 0.25) is 0 Å². The molecule has 4 heteroatoms. The normalized spacial score (nSPS) is 9.78. The highest BCUT2D eigenvalue weighted by atomic mass is 32.1. The minimum absolute atomic E-state index is 0.225. The molecule has 1 amide bonds. The molecule has 0 saturated heterocycles. The number of nitrogens with zero attached hydrogens (tertiary/aromatic N) is 1. The molecule has 0 aliphatic rings. The molecule has 0 bridgehead atoms. The third-order valence-electron chi connectivity index (χ3n) is 3.09. The fraction of sp³-hybridized carbons (Fsp3) is 0.0526.